The molecule has 1 atom stereocenters. The number of carbonyl (C=O) groups is 2. The summed E-state index contributed by atoms with van der Waals surface area (Å²) in [6.07, 6.45) is 0. The molecule has 1 fully saturated rings. The number of methoxy groups -OCH3 is 1. The molecule has 2 heterocycles. The van der Waals surface area contributed by atoms with E-state index < -0.39 is 4.87 Å². The van der Waals surface area contributed by atoms with Crippen LogP contribution in [0.1, 0.15) is 18.1 Å². The number of rotatable bonds is 3. The van der Waals surface area contributed by atoms with Gasteiger partial charge in [0.25, 0.3) is 5.91 Å². The molecule has 0 radical (unpaired) electrons. The number of ether oxygens (including phenoxy) is 1. The minimum Gasteiger partial charge on any atom is -0.497 e. The third-order valence-corrected chi connectivity index (χ3v) is 6.43. The molecule has 5 nitrogen and oxygen atoms in total. The monoisotopic (exact) mass is 386 g/mol. The Labute approximate surface area is 161 Å². The van der Waals surface area contributed by atoms with Crippen LogP contribution in [0.3, 0.4) is 0 Å². The van der Waals surface area contributed by atoms with Crippen molar-refractivity contribution in [2.45, 2.75) is 18.3 Å². The zero-order valence-electron chi connectivity index (χ0n) is 15.1. The molecular formula is C20H19FN2O3S. The molecule has 2 aromatic carbocycles. The van der Waals surface area contributed by atoms with Crippen LogP contribution in [-0.2, 0) is 21.0 Å². The van der Waals surface area contributed by atoms with E-state index in [-0.39, 0.29) is 24.2 Å². The van der Waals surface area contributed by atoms with E-state index in [4.69, 9.17) is 4.74 Å². The maximum absolute atomic E-state index is 13.6. The number of thioether (sulfide) groups is 1. The highest BCUT2D eigenvalue weighted by Crippen LogP contribution is 2.55. The van der Waals surface area contributed by atoms with Gasteiger partial charge < -0.3 is 14.5 Å². The van der Waals surface area contributed by atoms with Gasteiger partial charge in [0.15, 0.2) is 4.87 Å². The first kappa shape index (κ1) is 17.9. The molecule has 2 amide bonds. The van der Waals surface area contributed by atoms with E-state index in [2.05, 4.69) is 0 Å². The van der Waals surface area contributed by atoms with Crippen molar-refractivity contribution in [3.63, 3.8) is 0 Å². The molecule has 7 heteroatoms. The summed E-state index contributed by atoms with van der Waals surface area (Å²) in [5.74, 6) is 0.645. The fourth-order valence-electron chi connectivity index (χ4n) is 3.83. The van der Waals surface area contributed by atoms with Gasteiger partial charge in [-0.25, -0.2) is 4.39 Å². The van der Waals surface area contributed by atoms with Gasteiger partial charge in [0, 0.05) is 24.8 Å². The van der Waals surface area contributed by atoms with E-state index in [1.165, 1.54) is 30.8 Å². The van der Waals surface area contributed by atoms with Crippen molar-refractivity contribution in [1.82, 2.24) is 4.90 Å². The zero-order valence-corrected chi connectivity index (χ0v) is 15.9. The van der Waals surface area contributed by atoms with E-state index in [1.54, 1.807) is 35.1 Å². The number of halogens is 1. The van der Waals surface area contributed by atoms with Crippen LogP contribution in [0.25, 0.3) is 0 Å². The average Bonchev–Trinajstić information content (AvgIpc) is 3.19. The SMILES string of the molecule is COc1ccc2c(c1)C1(SCCN1C(C)=O)C(=O)N2Cc1cccc(F)c1. The first-order valence-corrected chi connectivity index (χ1v) is 9.63. The fraction of sp³-hybridized carbons (Fsp3) is 0.300. The lowest BCUT2D eigenvalue weighted by molar-refractivity contribution is -0.138. The predicted molar refractivity (Wildman–Crippen MR) is 102 cm³/mol. The molecule has 0 aliphatic carbocycles. The van der Waals surface area contributed by atoms with Crippen molar-refractivity contribution in [1.29, 1.82) is 0 Å². The second-order valence-corrected chi connectivity index (χ2v) is 7.86. The smallest absolute Gasteiger partial charge is 0.268 e. The Bertz CT molecular complexity index is 935. The minimum atomic E-state index is -1.08. The summed E-state index contributed by atoms with van der Waals surface area (Å²) in [4.78, 5) is 28.0. The third kappa shape index (κ3) is 2.68. The van der Waals surface area contributed by atoms with E-state index in [1.807, 2.05) is 12.1 Å². The summed E-state index contributed by atoms with van der Waals surface area (Å²) in [5.41, 5.74) is 2.17. The Kier molecular flexibility index (Phi) is 4.34. The Morgan fingerprint density at radius 2 is 2.11 bits per heavy atom. The molecule has 2 aromatic rings. The number of nitrogens with zero attached hydrogens (tertiary/aromatic N) is 2. The molecule has 1 spiro atoms. The van der Waals surface area contributed by atoms with Crippen molar-refractivity contribution in [3.8, 4) is 5.75 Å². The van der Waals surface area contributed by atoms with Gasteiger partial charge in [-0.2, -0.15) is 0 Å². The van der Waals surface area contributed by atoms with Crippen LogP contribution >= 0.6 is 11.8 Å². The topological polar surface area (TPSA) is 49.9 Å². The second-order valence-electron chi connectivity index (χ2n) is 6.57. The summed E-state index contributed by atoms with van der Waals surface area (Å²) in [7, 11) is 1.57. The Hall–Kier alpha value is -2.54. The highest BCUT2D eigenvalue weighted by atomic mass is 32.2. The van der Waals surface area contributed by atoms with Crippen LogP contribution in [0.5, 0.6) is 5.75 Å². The molecule has 4 rings (SSSR count). The van der Waals surface area contributed by atoms with Gasteiger partial charge in [-0.15, -0.1) is 11.8 Å². The van der Waals surface area contributed by atoms with Crippen molar-refractivity contribution in [2.75, 3.05) is 24.3 Å². The summed E-state index contributed by atoms with van der Waals surface area (Å²) in [6, 6.07) is 11.7. The van der Waals surface area contributed by atoms with Crippen molar-refractivity contribution in [2.24, 2.45) is 0 Å². The first-order valence-electron chi connectivity index (χ1n) is 8.64. The lowest BCUT2D eigenvalue weighted by Crippen LogP contribution is -2.49. The van der Waals surface area contributed by atoms with Gasteiger partial charge in [-0.1, -0.05) is 12.1 Å². The van der Waals surface area contributed by atoms with E-state index >= 15 is 0 Å². The quantitative estimate of drug-likeness (QED) is 0.813. The molecule has 2 aliphatic rings. The lowest BCUT2D eigenvalue weighted by Gasteiger charge is -2.32. The normalized spacial score (nSPS) is 21.1. The second kappa shape index (κ2) is 6.56. The first-order chi connectivity index (χ1) is 13.0. The molecule has 27 heavy (non-hydrogen) atoms. The van der Waals surface area contributed by atoms with Crippen LogP contribution in [0.4, 0.5) is 10.1 Å². The third-order valence-electron chi connectivity index (χ3n) is 5.01. The summed E-state index contributed by atoms with van der Waals surface area (Å²) >= 11 is 1.46. The molecule has 0 N–H and O–H groups in total. The van der Waals surface area contributed by atoms with E-state index in [0.717, 1.165) is 11.3 Å². The number of amides is 2. The van der Waals surface area contributed by atoms with Crippen LogP contribution in [0, 0.1) is 5.82 Å². The Morgan fingerprint density at radius 3 is 2.81 bits per heavy atom. The molecule has 0 bridgehead atoms. The van der Waals surface area contributed by atoms with Crippen LogP contribution in [0.2, 0.25) is 0 Å². The highest BCUT2D eigenvalue weighted by Gasteiger charge is 2.58. The predicted octanol–water partition coefficient (Wildman–Crippen LogP) is 3.13. The molecule has 1 unspecified atom stereocenters. The zero-order chi connectivity index (χ0) is 19.2. The number of hydrogen-bond acceptors (Lipinski definition) is 4. The maximum atomic E-state index is 13.6. The maximum Gasteiger partial charge on any atom is 0.268 e. The summed E-state index contributed by atoms with van der Waals surface area (Å²) in [5, 5.41) is 0. The molecule has 2 aliphatic heterocycles. The Morgan fingerprint density at radius 1 is 1.30 bits per heavy atom. The molecule has 1 saturated heterocycles. The highest BCUT2D eigenvalue weighted by molar-refractivity contribution is 8.01. The van der Waals surface area contributed by atoms with Gasteiger partial charge in [-0.05, 0) is 35.9 Å². The van der Waals surface area contributed by atoms with Crippen molar-refractivity contribution in [3.05, 3.63) is 59.4 Å². The van der Waals surface area contributed by atoms with Gasteiger partial charge >= 0.3 is 0 Å². The summed E-state index contributed by atoms with van der Waals surface area (Å²) < 4.78 is 19.0. The van der Waals surface area contributed by atoms with Crippen molar-refractivity contribution >= 4 is 29.3 Å². The van der Waals surface area contributed by atoms with E-state index in [0.29, 0.717) is 23.6 Å². The number of anilines is 1. The number of carbonyl (C=O) groups excluding carboxylic acids is 2. The number of fused-ring (bicyclic) bond motifs is 2. The fourth-order valence-corrected chi connectivity index (χ4v) is 5.33. The molecule has 140 valence electrons. The largest absolute Gasteiger partial charge is 0.497 e. The van der Waals surface area contributed by atoms with Crippen LogP contribution in [0.15, 0.2) is 42.5 Å². The standard InChI is InChI=1S/C20H19FN2O3S/c1-13(24)23-8-9-27-20(23)17-11-16(26-2)6-7-18(17)22(19(20)25)12-14-4-3-5-15(21)10-14/h3-7,10-11H,8-9,12H2,1-2H3. The van der Waals surface area contributed by atoms with Crippen LogP contribution in [-0.4, -0.2) is 36.1 Å². The average molecular weight is 386 g/mol. The van der Waals surface area contributed by atoms with Crippen molar-refractivity contribution < 1.29 is 18.7 Å². The lowest BCUT2D eigenvalue weighted by atomic mass is 10.1. The minimum absolute atomic E-state index is 0.144. The molecule has 0 aromatic heterocycles. The molecular weight excluding hydrogens is 367 g/mol. The summed E-state index contributed by atoms with van der Waals surface area (Å²) in [6.45, 7) is 2.23. The number of hydrogen-bond donors (Lipinski definition) is 0. The van der Waals surface area contributed by atoms with Gasteiger partial charge in [0.1, 0.15) is 11.6 Å². The van der Waals surface area contributed by atoms with Gasteiger partial charge in [-0.3, -0.25) is 9.59 Å². The number of benzene rings is 2. The van der Waals surface area contributed by atoms with Crippen LogP contribution < -0.4 is 9.64 Å². The Balaban J connectivity index is 1.84. The van der Waals surface area contributed by atoms with Gasteiger partial charge in [0.05, 0.1) is 19.3 Å². The van der Waals surface area contributed by atoms with E-state index in [9.17, 15) is 14.0 Å². The van der Waals surface area contributed by atoms with Gasteiger partial charge in [0.2, 0.25) is 5.91 Å². The molecule has 0 saturated carbocycles.